The maximum atomic E-state index is 11.9. The molecule has 0 aliphatic heterocycles. The Hall–Kier alpha value is -1.00. The smallest absolute Gasteiger partial charge is 0.251 e. The Morgan fingerprint density at radius 3 is 2.89 bits per heavy atom. The van der Waals surface area contributed by atoms with E-state index in [-0.39, 0.29) is 5.91 Å². The zero-order valence-corrected chi connectivity index (χ0v) is 11.8. The van der Waals surface area contributed by atoms with Gasteiger partial charge in [0, 0.05) is 29.1 Å². The molecule has 0 bridgehead atoms. The van der Waals surface area contributed by atoms with E-state index in [4.69, 9.17) is 0 Å². The summed E-state index contributed by atoms with van der Waals surface area (Å²) in [6, 6.07) is 8.40. The number of thiol groups is 1. The van der Waals surface area contributed by atoms with Crippen molar-refractivity contribution in [2.45, 2.75) is 36.7 Å². The summed E-state index contributed by atoms with van der Waals surface area (Å²) in [6.07, 6.45) is 2.58. The number of amides is 1. The zero-order chi connectivity index (χ0) is 13.1. The van der Waals surface area contributed by atoms with Crippen LogP contribution in [0.3, 0.4) is 0 Å². The van der Waals surface area contributed by atoms with Crippen LogP contribution in [0.2, 0.25) is 0 Å². The number of carbonyl (C=O) groups is 1. The molecule has 1 saturated carbocycles. The van der Waals surface area contributed by atoms with Crippen LogP contribution >= 0.6 is 12.6 Å². The van der Waals surface area contributed by atoms with Crippen molar-refractivity contribution in [3.63, 3.8) is 0 Å². The van der Waals surface area contributed by atoms with E-state index in [1.807, 2.05) is 18.2 Å². The quantitative estimate of drug-likeness (QED) is 0.799. The first-order valence-electron chi connectivity index (χ1n) is 6.37. The van der Waals surface area contributed by atoms with Crippen LogP contribution < -0.4 is 5.32 Å². The highest BCUT2D eigenvalue weighted by Crippen LogP contribution is 2.26. The molecule has 0 spiro atoms. The monoisotopic (exact) mass is 264 g/mol. The molecule has 2 rings (SSSR count). The van der Waals surface area contributed by atoms with E-state index in [0.717, 1.165) is 10.9 Å². The van der Waals surface area contributed by atoms with Gasteiger partial charge in [-0.2, -0.15) is 0 Å². The largest absolute Gasteiger partial charge is 0.350 e. The number of carbonyl (C=O) groups excluding carboxylic acids is 1. The maximum absolute atomic E-state index is 11.9. The Balaban J connectivity index is 1.84. The molecule has 1 aromatic rings. The fraction of sp³-hybridized carbons (Fsp3) is 0.500. The molecule has 3 nitrogen and oxygen atoms in total. The average molecular weight is 264 g/mol. The van der Waals surface area contributed by atoms with Crippen LogP contribution in [0.5, 0.6) is 0 Å². The van der Waals surface area contributed by atoms with Crippen molar-refractivity contribution in [1.29, 1.82) is 0 Å². The summed E-state index contributed by atoms with van der Waals surface area (Å²) >= 11 is 4.24. The Morgan fingerprint density at radius 2 is 2.28 bits per heavy atom. The van der Waals surface area contributed by atoms with Crippen LogP contribution in [0.25, 0.3) is 0 Å². The number of hydrogen-bond donors (Lipinski definition) is 2. The molecule has 98 valence electrons. The third-order valence-corrected chi connectivity index (χ3v) is 3.76. The van der Waals surface area contributed by atoms with Gasteiger partial charge in [-0.15, -0.1) is 12.6 Å². The van der Waals surface area contributed by atoms with E-state index in [1.54, 1.807) is 6.07 Å². The SMILES string of the molecule is CC(CNC(=O)c1cccc(S)c1)N(C)C1CC1. The van der Waals surface area contributed by atoms with Gasteiger partial charge in [-0.05, 0) is 45.0 Å². The summed E-state index contributed by atoms with van der Waals surface area (Å²) in [7, 11) is 2.13. The zero-order valence-electron chi connectivity index (χ0n) is 10.9. The average Bonchev–Trinajstić information content (AvgIpc) is 3.18. The number of benzene rings is 1. The van der Waals surface area contributed by atoms with Crippen LogP contribution in [0.4, 0.5) is 0 Å². The van der Waals surface area contributed by atoms with E-state index in [1.165, 1.54) is 12.8 Å². The molecule has 1 atom stereocenters. The molecule has 0 heterocycles. The molecule has 1 aromatic carbocycles. The first-order valence-corrected chi connectivity index (χ1v) is 6.82. The number of rotatable bonds is 5. The molecule has 1 unspecified atom stereocenters. The first kappa shape index (κ1) is 13.4. The predicted molar refractivity (Wildman–Crippen MR) is 76.3 cm³/mol. The standard InChI is InChI=1S/C14H20N2OS/c1-10(16(2)12-6-7-12)9-15-14(17)11-4-3-5-13(18)8-11/h3-5,8,10,12,18H,6-7,9H2,1-2H3,(H,15,17). The van der Waals surface area contributed by atoms with E-state index in [2.05, 4.69) is 36.8 Å². The van der Waals surface area contributed by atoms with Gasteiger partial charge in [-0.1, -0.05) is 6.07 Å². The molecule has 18 heavy (non-hydrogen) atoms. The van der Waals surface area contributed by atoms with Crippen LogP contribution in [-0.2, 0) is 0 Å². The molecular formula is C14H20N2OS. The minimum Gasteiger partial charge on any atom is -0.350 e. The Bertz CT molecular complexity index is 432. The van der Waals surface area contributed by atoms with Gasteiger partial charge in [0.15, 0.2) is 0 Å². The minimum atomic E-state index is -0.0260. The van der Waals surface area contributed by atoms with Gasteiger partial charge in [0.1, 0.15) is 0 Å². The van der Waals surface area contributed by atoms with Crippen molar-refractivity contribution >= 4 is 18.5 Å². The Kier molecular flexibility index (Phi) is 4.30. The lowest BCUT2D eigenvalue weighted by Crippen LogP contribution is -2.41. The van der Waals surface area contributed by atoms with Crippen LogP contribution in [0.1, 0.15) is 30.1 Å². The highest BCUT2D eigenvalue weighted by Gasteiger charge is 2.29. The van der Waals surface area contributed by atoms with Gasteiger partial charge in [0.2, 0.25) is 0 Å². The molecule has 0 saturated heterocycles. The van der Waals surface area contributed by atoms with Crippen LogP contribution in [-0.4, -0.2) is 36.5 Å². The van der Waals surface area contributed by atoms with Gasteiger partial charge < -0.3 is 5.32 Å². The second-order valence-electron chi connectivity index (χ2n) is 5.01. The molecule has 1 N–H and O–H groups in total. The second-order valence-corrected chi connectivity index (χ2v) is 5.52. The van der Waals surface area contributed by atoms with E-state index in [0.29, 0.717) is 18.2 Å². The normalized spacial score (nSPS) is 16.7. The van der Waals surface area contributed by atoms with Gasteiger partial charge in [-0.25, -0.2) is 0 Å². The number of hydrogen-bond acceptors (Lipinski definition) is 3. The molecule has 1 aliphatic rings. The first-order chi connectivity index (χ1) is 8.58. The second kappa shape index (κ2) is 5.76. The Labute approximate surface area is 114 Å². The van der Waals surface area contributed by atoms with Gasteiger partial charge in [0.05, 0.1) is 0 Å². The van der Waals surface area contributed by atoms with Crippen molar-refractivity contribution in [3.05, 3.63) is 29.8 Å². The molecule has 0 aromatic heterocycles. The number of nitrogens with one attached hydrogen (secondary N) is 1. The summed E-state index contributed by atoms with van der Waals surface area (Å²) in [5.41, 5.74) is 0.670. The lowest BCUT2D eigenvalue weighted by Gasteiger charge is -2.24. The minimum absolute atomic E-state index is 0.0260. The topological polar surface area (TPSA) is 32.3 Å². The summed E-state index contributed by atoms with van der Waals surface area (Å²) in [5, 5.41) is 2.97. The summed E-state index contributed by atoms with van der Waals surface area (Å²) < 4.78 is 0. The number of nitrogens with zero attached hydrogens (tertiary/aromatic N) is 1. The molecular weight excluding hydrogens is 244 g/mol. The van der Waals surface area contributed by atoms with Gasteiger partial charge >= 0.3 is 0 Å². The fourth-order valence-corrected chi connectivity index (χ4v) is 2.20. The van der Waals surface area contributed by atoms with E-state index < -0.39 is 0 Å². The van der Waals surface area contributed by atoms with Crippen molar-refractivity contribution in [3.8, 4) is 0 Å². The van der Waals surface area contributed by atoms with Gasteiger partial charge in [0.25, 0.3) is 5.91 Å². The van der Waals surface area contributed by atoms with Crippen molar-refractivity contribution in [2.75, 3.05) is 13.6 Å². The van der Waals surface area contributed by atoms with Crippen LogP contribution in [0, 0.1) is 0 Å². The highest BCUT2D eigenvalue weighted by atomic mass is 32.1. The van der Waals surface area contributed by atoms with E-state index in [9.17, 15) is 4.79 Å². The number of likely N-dealkylation sites (N-methyl/N-ethyl adjacent to an activating group) is 1. The molecule has 1 fully saturated rings. The summed E-state index contributed by atoms with van der Waals surface area (Å²) in [4.78, 5) is 15.1. The summed E-state index contributed by atoms with van der Waals surface area (Å²) in [6.45, 7) is 2.83. The fourth-order valence-electron chi connectivity index (χ4n) is 1.98. The predicted octanol–water partition coefficient (Wildman–Crippen LogP) is 2.19. The third kappa shape index (κ3) is 3.50. The lowest BCUT2D eigenvalue weighted by atomic mass is 10.2. The van der Waals surface area contributed by atoms with Crippen molar-refractivity contribution in [2.24, 2.45) is 0 Å². The third-order valence-electron chi connectivity index (χ3n) is 3.48. The molecule has 4 heteroatoms. The lowest BCUT2D eigenvalue weighted by molar-refractivity contribution is 0.0939. The summed E-state index contributed by atoms with van der Waals surface area (Å²) in [5.74, 6) is -0.0260. The van der Waals surface area contributed by atoms with E-state index >= 15 is 0 Å². The maximum Gasteiger partial charge on any atom is 0.251 e. The van der Waals surface area contributed by atoms with Gasteiger partial charge in [-0.3, -0.25) is 9.69 Å². The molecule has 1 aliphatic carbocycles. The van der Waals surface area contributed by atoms with Crippen molar-refractivity contribution < 1.29 is 4.79 Å². The molecule has 1 amide bonds. The van der Waals surface area contributed by atoms with Crippen molar-refractivity contribution in [1.82, 2.24) is 10.2 Å². The Morgan fingerprint density at radius 1 is 1.56 bits per heavy atom. The molecule has 0 radical (unpaired) electrons. The highest BCUT2D eigenvalue weighted by molar-refractivity contribution is 7.80. The van der Waals surface area contributed by atoms with Crippen LogP contribution in [0.15, 0.2) is 29.2 Å².